The van der Waals surface area contributed by atoms with Crippen LogP contribution >= 0.6 is 27.5 Å². The Morgan fingerprint density at radius 3 is 2.47 bits per heavy atom. The Bertz CT molecular complexity index is 346. The molecule has 1 aromatic carbocycles. The van der Waals surface area contributed by atoms with Gasteiger partial charge >= 0.3 is 0 Å². The van der Waals surface area contributed by atoms with Gasteiger partial charge < -0.3 is 5.32 Å². The van der Waals surface area contributed by atoms with E-state index in [0.29, 0.717) is 11.9 Å². The largest absolute Gasteiger partial charge is 0.309 e. The van der Waals surface area contributed by atoms with Crippen LogP contribution in [0, 0.1) is 5.41 Å². The van der Waals surface area contributed by atoms with Crippen molar-refractivity contribution in [3.63, 3.8) is 0 Å². The molecule has 0 radical (unpaired) electrons. The van der Waals surface area contributed by atoms with E-state index in [9.17, 15) is 0 Å². The molecule has 1 N–H and O–H groups in total. The van der Waals surface area contributed by atoms with Gasteiger partial charge in [0.25, 0.3) is 0 Å². The molecule has 1 unspecified atom stereocenters. The molecule has 1 nitrogen and oxygen atoms in total. The van der Waals surface area contributed by atoms with Gasteiger partial charge in [-0.1, -0.05) is 54.9 Å². The van der Waals surface area contributed by atoms with Crippen molar-refractivity contribution in [2.75, 3.05) is 5.88 Å². The average Bonchev–Trinajstić information content (AvgIpc) is 2.24. The quantitative estimate of drug-likeness (QED) is 0.783. The van der Waals surface area contributed by atoms with Crippen molar-refractivity contribution in [3.8, 4) is 0 Å². The smallest absolute Gasteiger partial charge is 0.0238 e. The average molecular weight is 319 g/mol. The van der Waals surface area contributed by atoms with Crippen LogP contribution in [-0.2, 0) is 6.54 Å². The summed E-state index contributed by atoms with van der Waals surface area (Å²) in [5, 5.41) is 3.60. The number of rotatable bonds is 5. The van der Waals surface area contributed by atoms with Crippen molar-refractivity contribution in [1.82, 2.24) is 5.32 Å². The fraction of sp³-hybridized carbons (Fsp3) is 0.571. The molecule has 0 aliphatic rings. The maximum absolute atomic E-state index is 5.87. The third kappa shape index (κ3) is 4.99. The highest BCUT2D eigenvalue weighted by atomic mass is 79.9. The van der Waals surface area contributed by atoms with Gasteiger partial charge in [-0.3, -0.25) is 0 Å². The van der Waals surface area contributed by atoms with Crippen LogP contribution in [-0.4, -0.2) is 11.9 Å². The van der Waals surface area contributed by atoms with Gasteiger partial charge in [0, 0.05) is 22.9 Å². The van der Waals surface area contributed by atoms with E-state index in [2.05, 4.69) is 60.2 Å². The summed E-state index contributed by atoms with van der Waals surface area (Å²) in [6.45, 7) is 7.62. The molecule has 0 aliphatic carbocycles. The van der Waals surface area contributed by atoms with E-state index < -0.39 is 0 Å². The Hall–Kier alpha value is -0.0500. The Balaban J connectivity index is 2.61. The van der Waals surface area contributed by atoms with Crippen molar-refractivity contribution in [1.29, 1.82) is 0 Å². The van der Waals surface area contributed by atoms with Gasteiger partial charge in [-0.05, 0) is 23.5 Å². The molecule has 0 bridgehead atoms. The molecular formula is C14H21BrClN. The van der Waals surface area contributed by atoms with Crippen molar-refractivity contribution in [3.05, 3.63) is 34.3 Å². The van der Waals surface area contributed by atoms with Crippen LogP contribution in [0.3, 0.4) is 0 Å². The highest BCUT2D eigenvalue weighted by Crippen LogP contribution is 2.23. The van der Waals surface area contributed by atoms with Crippen LogP contribution in [0.15, 0.2) is 28.7 Å². The number of hydrogen-bond acceptors (Lipinski definition) is 1. The monoisotopic (exact) mass is 317 g/mol. The number of nitrogens with one attached hydrogen (secondary N) is 1. The van der Waals surface area contributed by atoms with Crippen LogP contribution in [0.25, 0.3) is 0 Å². The Kier molecular flexibility index (Phi) is 5.98. The fourth-order valence-corrected chi connectivity index (χ4v) is 2.47. The van der Waals surface area contributed by atoms with Crippen LogP contribution in [0.4, 0.5) is 0 Å². The van der Waals surface area contributed by atoms with E-state index in [0.717, 1.165) is 17.4 Å². The second-order valence-electron chi connectivity index (χ2n) is 5.37. The molecule has 0 heterocycles. The first kappa shape index (κ1) is 15.0. The molecule has 1 atom stereocenters. The zero-order valence-corrected chi connectivity index (χ0v) is 13.1. The number of alkyl halides is 1. The molecule has 0 aliphatic heterocycles. The molecule has 0 spiro atoms. The zero-order chi connectivity index (χ0) is 12.9. The molecule has 0 fully saturated rings. The maximum Gasteiger partial charge on any atom is 0.0238 e. The maximum atomic E-state index is 5.87. The minimum absolute atomic E-state index is 0.232. The van der Waals surface area contributed by atoms with Crippen LogP contribution in [0.1, 0.15) is 32.8 Å². The zero-order valence-electron chi connectivity index (χ0n) is 10.8. The fourth-order valence-electron chi connectivity index (χ4n) is 1.83. The first-order chi connectivity index (χ1) is 7.95. The molecule has 0 aromatic heterocycles. The Labute approximate surface area is 118 Å². The molecule has 17 heavy (non-hydrogen) atoms. The van der Waals surface area contributed by atoms with E-state index in [1.165, 1.54) is 5.56 Å². The third-order valence-corrected chi connectivity index (χ3v) is 3.93. The Morgan fingerprint density at radius 2 is 1.94 bits per heavy atom. The lowest BCUT2D eigenvalue weighted by atomic mass is 9.85. The summed E-state index contributed by atoms with van der Waals surface area (Å²) in [7, 11) is 0. The molecule has 0 saturated heterocycles. The van der Waals surface area contributed by atoms with Gasteiger partial charge in [0.1, 0.15) is 0 Å². The van der Waals surface area contributed by atoms with Crippen molar-refractivity contribution in [2.45, 2.75) is 39.8 Å². The highest BCUT2D eigenvalue weighted by molar-refractivity contribution is 9.10. The summed E-state index contributed by atoms with van der Waals surface area (Å²) in [6.07, 6.45) is 0.996. The van der Waals surface area contributed by atoms with Gasteiger partial charge in [0.15, 0.2) is 0 Å². The highest BCUT2D eigenvalue weighted by Gasteiger charge is 2.23. The van der Waals surface area contributed by atoms with Crippen LogP contribution < -0.4 is 5.32 Å². The lowest BCUT2D eigenvalue weighted by Gasteiger charge is -2.31. The van der Waals surface area contributed by atoms with Gasteiger partial charge in [-0.25, -0.2) is 0 Å². The second kappa shape index (κ2) is 6.77. The topological polar surface area (TPSA) is 12.0 Å². The molecule has 3 heteroatoms. The first-order valence-corrected chi connectivity index (χ1v) is 7.30. The van der Waals surface area contributed by atoms with Gasteiger partial charge in [0.2, 0.25) is 0 Å². The van der Waals surface area contributed by atoms with Crippen LogP contribution in [0.2, 0.25) is 0 Å². The molecular weight excluding hydrogens is 298 g/mol. The molecule has 1 aromatic rings. The molecule has 0 amide bonds. The first-order valence-electron chi connectivity index (χ1n) is 5.98. The van der Waals surface area contributed by atoms with E-state index >= 15 is 0 Å². The number of hydrogen-bond donors (Lipinski definition) is 1. The Morgan fingerprint density at radius 1 is 1.29 bits per heavy atom. The SMILES string of the molecule is CC(C)(C)C(CCCl)NCc1ccccc1Br. The molecule has 1 rings (SSSR count). The summed E-state index contributed by atoms with van der Waals surface area (Å²) in [6, 6.07) is 8.75. The lowest BCUT2D eigenvalue weighted by molar-refractivity contribution is 0.260. The lowest BCUT2D eigenvalue weighted by Crippen LogP contribution is -2.40. The van der Waals surface area contributed by atoms with Crippen molar-refractivity contribution in [2.24, 2.45) is 5.41 Å². The minimum atomic E-state index is 0.232. The normalized spacial score (nSPS) is 13.7. The summed E-state index contributed by atoms with van der Waals surface area (Å²) in [4.78, 5) is 0. The van der Waals surface area contributed by atoms with E-state index in [-0.39, 0.29) is 5.41 Å². The summed E-state index contributed by atoms with van der Waals surface area (Å²) < 4.78 is 1.16. The summed E-state index contributed by atoms with van der Waals surface area (Å²) >= 11 is 9.44. The van der Waals surface area contributed by atoms with E-state index in [1.54, 1.807) is 0 Å². The molecule has 96 valence electrons. The number of halogens is 2. The van der Waals surface area contributed by atoms with Crippen LogP contribution in [0.5, 0.6) is 0 Å². The summed E-state index contributed by atoms with van der Waals surface area (Å²) in [5.74, 6) is 0.699. The van der Waals surface area contributed by atoms with E-state index in [4.69, 9.17) is 11.6 Å². The predicted octanol–water partition coefficient (Wildman–Crippen LogP) is 4.58. The second-order valence-corrected chi connectivity index (χ2v) is 6.60. The van der Waals surface area contributed by atoms with Crippen molar-refractivity contribution < 1.29 is 0 Å². The molecule has 0 saturated carbocycles. The third-order valence-electron chi connectivity index (χ3n) is 2.94. The summed E-state index contributed by atoms with van der Waals surface area (Å²) in [5.41, 5.74) is 1.52. The minimum Gasteiger partial charge on any atom is -0.309 e. The predicted molar refractivity (Wildman–Crippen MR) is 79.6 cm³/mol. The number of benzene rings is 1. The van der Waals surface area contributed by atoms with Crippen molar-refractivity contribution >= 4 is 27.5 Å². The van der Waals surface area contributed by atoms with E-state index in [1.807, 2.05) is 6.07 Å². The van der Waals surface area contributed by atoms with Gasteiger partial charge in [0.05, 0.1) is 0 Å². The van der Waals surface area contributed by atoms with Gasteiger partial charge in [-0.15, -0.1) is 11.6 Å². The standard InChI is InChI=1S/C14H21BrClN/c1-14(2,3)13(8-9-16)17-10-11-6-4-5-7-12(11)15/h4-7,13,17H,8-10H2,1-3H3. The van der Waals surface area contributed by atoms with Gasteiger partial charge in [-0.2, -0.15) is 0 Å².